The van der Waals surface area contributed by atoms with Crippen molar-refractivity contribution in [2.75, 3.05) is 23.8 Å². The van der Waals surface area contributed by atoms with Gasteiger partial charge in [0.05, 0.1) is 52.7 Å². The van der Waals surface area contributed by atoms with Gasteiger partial charge in [-0.2, -0.15) is 10.5 Å². The van der Waals surface area contributed by atoms with E-state index in [1.165, 1.54) is 17.7 Å². The zero-order valence-electron chi connectivity index (χ0n) is 21.6. The molecule has 0 bridgehead atoms. The lowest BCUT2D eigenvalue weighted by Gasteiger charge is -2.32. The summed E-state index contributed by atoms with van der Waals surface area (Å²) >= 11 is 0. The fourth-order valence-corrected chi connectivity index (χ4v) is 5.69. The van der Waals surface area contributed by atoms with Gasteiger partial charge in [0.1, 0.15) is 18.4 Å². The van der Waals surface area contributed by atoms with Crippen molar-refractivity contribution in [3.05, 3.63) is 82.9 Å². The molecule has 1 fully saturated rings. The number of nitrogens with one attached hydrogen (secondary N) is 1. The van der Waals surface area contributed by atoms with Crippen LogP contribution in [0.1, 0.15) is 65.2 Å². The number of fused-ring (bicyclic) bond motifs is 1. The lowest BCUT2D eigenvalue weighted by atomic mass is 10.0. The van der Waals surface area contributed by atoms with E-state index in [1.54, 1.807) is 31.2 Å². The van der Waals surface area contributed by atoms with Crippen LogP contribution in [-0.4, -0.2) is 33.2 Å². The predicted octanol–water partition coefficient (Wildman–Crippen LogP) is 5.14. The van der Waals surface area contributed by atoms with Gasteiger partial charge in [0.25, 0.3) is 5.91 Å². The minimum absolute atomic E-state index is 0.00763. The van der Waals surface area contributed by atoms with Gasteiger partial charge in [-0.3, -0.25) is 4.79 Å². The summed E-state index contributed by atoms with van der Waals surface area (Å²) in [5.74, 6) is 0.710. The number of carbonyl (C=O) groups excluding carboxylic acids is 1. The monoisotopic (exact) mass is 540 g/mol. The molecule has 1 heterocycles. The number of hydrogen-bond donors (Lipinski definition) is 1. The van der Waals surface area contributed by atoms with Crippen LogP contribution < -0.4 is 15.0 Å². The number of benzene rings is 3. The molecule has 0 spiro atoms. The number of nitrogens with zero attached hydrogens (tertiary/aromatic N) is 3. The van der Waals surface area contributed by atoms with Gasteiger partial charge in [-0.1, -0.05) is 25.1 Å². The van der Waals surface area contributed by atoms with Crippen LogP contribution >= 0.6 is 0 Å². The quantitative estimate of drug-likeness (QED) is 0.419. The smallest absolute Gasteiger partial charge is 0.251 e. The summed E-state index contributed by atoms with van der Waals surface area (Å²) < 4.78 is 30.2. The molecular weight excluding hydrogens is 512 g/mol. The van der Waals surface area contributed by atoms with E-state index in [2.05, 4.69) is 28.4 Å². The zero-order chi connectivity index (χ0) is 27.6. The second-order valence-corrected chi connectivity index (χ2v) is 12.0. The lowest BCUT2D eigenvalue weighted by molar-refractivity contribution is 0.0936. The average Bonchev–Trinajstić information content (AvgIpc) is 3.82. The van der Waals surface area contributed by atoms with Crippen molar-refractivity contribution < 1.29 is 17.9 Å². The highest BCUT2D eigenvalue weighted by Crippen LogP contribution is 2.44. The highest BCUT2D eigenvalue weighted by Gasteiger charge is 2.28. The number of hydrogen-bond acceptors (Lipinski definition) is 7. The van der Waals surface area contributed by atoms with E-state index in [1.807, 2.05) is 18.2 Å². The van der Waals surface area contributed by atoms with Gasteiger partial charge in [0, 0.05) is 5.56 Å². The maximum Gasteiger partial charge on any atom is 0.251 e. The van der Waals surface area contributed by atoms with Gasteiger partial charge >= 0.3 is 0 Å². The topological polar surface area (TPSA) is 123 Å². The highest BCUT2D eigenvalue weighted by molar-refractivity contribution is 7.91. The molecule has 3 aromatic rings. The van der Waals surface area contributed by atoms with E-state index in [0.29, 0.717) is 41.5 Å². The Bertz CT molecular complexity index is 1600. The van der Waals surface area contributed by atoms with Crippen molar-refractivity contribution in [2.45, 2.75) is 43.0 Å². The van der Waals surface area contributed by atoms with Gasteiger partial charge in [-0.25, -0.2) is 8.42 Å². The fraction of sp³-hybridized carbons (Fsp3) is 0.300. The third-order valence-electron chi connectivity index (χ3n) is 7.19. The number of amides is 1. The second-order valence-electron chi connectivity index (χ2n) is 9.71. The predicted molar refractivity (Wildman–Crippen MR) is 147 cm³/mol. The van der Waals surface area contributed by atoms with E-state index in [4.69, 9.17) is 4.74 Å². The molecule has 1 aliphatic carbocycles. The summed E-state index contributed by atoms with van der Waals surface area (Å²) in [5.41, 5.74) is 4.45. The van der Waals surface area contributed by atoms with Crippen molar-refractivity contribution in [1.29, 1.82) is 10.5 Å². The average molecular weight is 541 g/mol. The van der Waals surface area contributed by atoms with Gasteiger partial charge < -0.3 is 15.0 Å². The molecule has 0 saturated heterocycles. The Balaban J connectivity index is 1.39. The van der Waals surface area contributed by atoms with Crippen LogP contribution in [0.2, 0.25) is 0 Å². The highest BCUT2D eigenvalue weighted by atomic mass is 32.2. The van der Waals surface area contributed by atoms with Crippen molar-refractivity contribution >= 4 is 27.1 Å². The van der Waals surface area contributed by atoms with Crippen molar-refractivity contribution in [2.24, 2.45) is 0 Å². The first-order chi connectivity index (χ1) is 18.8. The second kappa shape index (κ2) is 10.8. The van der Waals surface area contributed by atoms with E-state index in [9.17, 15) is 23.7 Å². The third-order valence-corrected chi connectivity index (χ3v) is 8.94. The number of ether oxygens (including phenoxy) is 1. The molecule has 3 aromatic carbocycles. The Morgan fingerprint density at radius 1 is 1.08 bits per heavy atom. The van der Waals surface area contributed by atoms with E-state index in [-0.39, 0.29) is 23.0 Å². The molecule has 0 radical (unpaired) electrons. The molecule has 1 amide bonds. The summed E-state index contributed by atoms with van der Waals surface area (Å²) in [5, 5.41) is 22.0. The van der Waals surface area contributed by atoms with Gasteiger partial charge in [-0.05, 0) is 72.4 Å². The molecule has 1 N–H and O–H groups in total. The standard InChI is InChI=1S/C30H28N4O4S/c1-2-39(36,37)25-10-7-21(8-11-25)26(13-14-31)33-30(35)23-9-12-27-29(18-23)38-16-15-34(27)28-17-22(20-3-4-20)5-6-24(28)19-32/h5-12,17-18,20,26H,2-4,13,15-16H2,1H3,(H,33,35). The largest absolute Gasteiger partial charge is 0.490 e. The summed E-state index contributed by atoms with van der Waals surface area (Å²) in [7, 11) is -3.35. The van der Waals surface area contributed by atoms with E-state index >= 15 is 0 Å². The van der Waals surface area contributed by atoms with Crippen LogP contribution in [0.3, 0.4) is 0 Å². The molecule has 2 aliphatic rings. The van der Waals surface area contributed by atoms with Gasteiger partial charge in [0.2, 0.25) is 0 Å². The van der Waals surface area contributed by atoms with Crippen LogP contribution in [0, 0.1) is 22.7 Å². The van der Waals surface area contributed by atoms with E-state index < -0.39 is 15.9 Å². The molecule has 5 rings (SSSR count). The molecular formula is C30H28N4O4S. The third kappa shape index (κ3) is 5.45. The number of sulfone groups is 1. The van der Waals surface area contributed by atoms with Crippen LogP contribution in [0.4, 0.5) is 11.4 Å². The minimum Gasteiger partial charge on any atom is -0.490 e. The molecule has 198 valence electrons. The summed E-state index contributed by atoms with van der Waals surface area (Å²) in [4.78, 5) is 15.5. The lowest BCUT2D eigenvalue weighted by Crippen LogP contribution is -2.31. The number of anilines is 2. The number of nitriles is 2. The maximum atomic E-state index is 13.2. The van der Waals surface area contributed by atoms with Crippen LogP contribution in [-0.2, 0) is 9.84 Å². The molecule has 8 nitrogen and oxygen atoms in total. The first-order valence-corrected chi connectivity index (χ1v) is 14.6. The van der Waals surface area contributed by atoms with Crippen molar-refractivity contribution in [1.82, 2.24) is 5.32 Å². The first-order valence-electron chi connectivity index (χ1n) is 12.9. The van der Waals surface area contributed by atoms with Crippen LogP contribution in [0.25, 0.3) is 0 Å². The zero-order valence-corrected chi connectivity index (χ0v) is 22.4. The van der Waals surface area contributed by atoms with Crippen LogP contribution in [0.5, 0.6) is 5.75 Å². The van der Waals surface area contributed by atoms with Crippen molar-refractivity contribution in [3.63, 3.8) is 0 Å². The number of rotatable bonds is 8. The summed E-state index contributed by atoms with van der Waals surface area (Å²) in [6, 6.07) is 21.2. The van der Waals surface area contributed by atoms with Gasteiger partial charge in [-0.15, -0.1) is 0 Å². The van der Waals surface area contributed by atoms with Gasteiger partial charge in [0.15, 0.2) is 9.84 Å². The summed E-state index contributed by atoms with van der Waals surface area (Å²) in [6.45, 7) is 2.56. The molecule has 9 heteroatoms. The number of carbonyl (C=O) groups is 1. The molecule has 1 unspecified atom stereocenters. The Labute approximate surface area is 228 Å². The van der Waals surface area contributed by atoms with E-state index in [0.717, 1.165) is 24.2 Å². The molecule has 1 saturated carbocycles. The maximum absolute atomic E-state index is 13.2. The fourth-order valence-electron chi connectivity index (χ4n) is 4.81. The SMILES string of the molecule is CCS(=O)(=O)c1ccc(C(CC#N)NC(=O)c2ccc3c(c2)OCCN3c2cc(C3CC3)ccc2C#N)cc1. The molecule has 1 aliphatic heterocycles. The van der Waals surface area contributed by atoms with Crippen molar-refractivity contribution in [3.8, 4) is 17.9 Å². The Hall–Kier alpha value is -4.34. The normalized spacial score (nSPS) is 15.3. The first kappa shape index (κ1) is 26.3. The Morgan fingerprint density at radius 2 is 1.85 bits per heavy atom. The molecule has 0 aromatic heterocycles. The molecule has 1 atom stereocenters. The Kier molecular flexibility index (Phi) is 7.28. The Morgan fingerprint density at radius 3 is 2.51 bits per heavy atom. The van der Waals surface area contributed by atoms with Crippen LogP contribution in [0.15, 0.2) is 65.6 Å². The summed E-state index contributed by atoms with van der Waals surface area (Å²) in [6.07, 6.45) is 2.35. The minimum atomic E-state index is -3.35. The molecule has 39 heavy (non-hydrogen) atoms.